The van der Waals surface area contributed by atoms with Gasteiger partial charge in [0.15, 0.2) is 11.5 Å². The van der Waals surface area contributed by atoms with E-state index in [9.17, 15) is 4.79 Å². The summed E-state index contributed by atoms with van der Waals surface area (Å²) in [4.78, 5) is 19.8. The molecule has 0 fully saturated rings. The van der Waals surface area contributed by atoms with Gasteiger partial charge < -0.3 is 24.4 Å². The third-order valence-corrected chi connectivity index (χ3v) is 7.70. The zero-order valence-electron chi connectivity index (χ0n) is 22.1. The quantitative estimate of drug-likeness (QED) is 0.159. The van der Waals surface area contributed by atoms with Gasteiger partial charge in [0.1, 0.15) is 11.5 Å². The van der Waals surface area contributed by atoms with Crippen LogP contribution in [-0.2, 0) is 0 Å². The zero-order valence-corrected chi connectivity index (χ0v) is 24.0. The van der Waals surface area contributed by atoms with Crippen molar-refractivity contribution in [3.8, 4) is 23.0 Å². The fourth-order valence-electron chi connectivity index (χ4n) is 4.27. The molecule has 0 aliphatic carbocycles. The van der Waals surface area contributed by atoms with E-state index in [2.05, 4.69) is 24.4 Å². The van der Waals surface area contributed by atoms with Crippen molar-refractivity contribution < 1.29 is 19.0 Å². The number of thiophene rings is 1. The number of ether oxygens (including phenoxy) is 3. The highest BCUT2D eigenvalue weighted by Gasteiger charge is 2.14. The van der Waals surface area contributed by atoms with Crippen LogP contribution in [0.2, 0.25) is 0 Å². The topological polar surface area (TPSA) is 72.9 Å². The van der Waals surface area contributed by atoms with Gasteiger partial charge in [-0.2, -0.15) is 0 Å². The van der Waals surface area contributed by atoms with Gasteiger partial charge in [0.05, 0.1) is 24.1 Å². The number of rotatable bonds is 10. The molecule has 5 rings (SSSR count). The Morgan fingerprint density at radius 1 is 1.00 bits per heavy atom. The van der Waals surface area contributed by atoms with Crippen molar-refractivity contribution in [2.45, 2.75) is 6.42 Å². The molecule has 1 N–H and O–H groups in total. The van der Waals surface area contributed by atoms with Gasteiger partial charge in [0.25, 0.3) is 5.91 Å². The minimum absolute atomic E-state index is 0.113. The zero-order chi connectivity index (χ0) is 27.4. The molecule has 3 aromatic carbocycles. The molecule has 0 aliphatic rings. The van der Waals surface area contributed by atoms with Gasteiger partial charge in [-0.05, 0) is 73.1 Å². The Kier molecular flexibility index (Phi) is 8.27. The molecular weight excluding hydrogens is 529 g/mol. The molecule has 2 aromatic heterocycles. The number of nitrogens with zero attached hydrogens (tertiary/aromatic N) is 2. The summed E-state index contributed by atoms with van der Waals surface area (Å²) < 4.78 is 18.0. The highest BCUT2D eigenvalue weighted by Crippen LogP contribution is 2.37. The summed E-state index contributed by atoms with van der Waals surface area (Å²) in [6.45, 7) is 1.53. The number of anilines is 1. The van der Waals surface area contributed by atoms with Gasteiger partial charge in [0, 0.05) is 35.2 Å². The van der Waals surface area contributed by atoms with E-state index in [0.717, 1.165) is 45.6 Å². The maximum absolute atomic E-state index is 12.5. The Morgan fingerprint density at radius 2 is 1.87 bits per heavy atom. The van der Waals surface area contributed by atoms with Crippen molar-refractivity contribution in [1.82, 2.24) is 9.88 Å². The van der Waals surface area contributed by atoms with Gasteiger partial charge in [-0.3, -0.25) is 9.78 Å². The van der Waals surface area contributed by atoms with Crippen LogP contribution >= 0.6 is 20.6 Å². The maximum Gasteiger partial charge on any atom is 0.265 e. The van der Waals surface area contributed by atoms with Crippen molar-refractivity contribution in [3.63, 3.8) is 0 Å². The number of hydrogen-bond donors (Lipinski definition) is 1. The summed E-state index contributed by atoms with van der Waals surface area (Å²) in [5.41, 5.74) is 1.50. The summed E-state index contributed by atoms with van der Waals surface area (Å²) in [5, 5.41) is 8.60. The van der Waals surface area contributed by atoms with Crippen LogP contribution in [0.25, 0.3) is 21.7 Å². The fraction of sp³-hybridized carbons (Fsp3) is 0.200. The summed E-state index contributed by atoms with van der Waals surface area (Å²) in [6.07, 6.45) is 2.64. The molecule has 39 heavy (non-hydrogen) atoms. The predicted molar refractivity (Wildman–Crippen MR) is 163 cm³/mol. The first-order valence-corrected chi connectivity index (χ1v) is 14.0. The lowest BCUT2D eigenvalue weighted by atomic mass is 10.1. The lowest BCUT2D eigenvalue weighted by Crippen LogP contribution is -2.15. The first kappa shape index (κ1) is 26.9. The standard InChI is InChI=1S/C30H30N3O4PS/c1-33(2)13-5-14-36-27-18-23-22(17-26(27)35-3)24(11-12-31-23)37-25-10-7-19-16-20(8-9-21(19)29(25)38)32-30(34)28-6-4-15-39-28/h4,6-12,15-18H,5,13-14,38H2,1-3H3,(H,32,34). The van der Waals surface area contributed by atoms with Crippen LogP contribution in [0.15, 0.2) is 72.2 Å². The average molecular weight is 560 g/mol. The first-order valence-electron chi connectivity index (χ1n) is 12.5. The van der Waals surface area contributed by atoms with E-state index in [1.165, 1.54) is 11.3 Å². The van der Waals surface area contributed by atoms with E-state index in [-0.39, 0.29) is 5.91 Å². The van der Waals surface area contributed by atoms with Crippen molar-refractivity contribution in [2.24, 2.45) is 0 Å². The number of nitrogens with one attached hydrogen (secondary N) is 1. The molecule has 0 bridgehead atoms. The number of pyridine rings is 1. The number of aromatic nitrogens is 1. The molecule has 0 saturated carbocycles. The molecule has 200 valence electrons. The largest absolute Gasteiger partial charge is 0.493 e. The third kappa shape index (κ3) is 6.14. The molecule has 0 saturated heterocycles. The smallest absolute Gasteiger partial charge is 0.265 e. The lowest BCUT2D eigenvalue weighted by Gasteiger charge is -2.16. The van der Waals surface area contributed by atoms with Crippen LogP contribution in [0.5, 0.6) is 23.0 Å². The Hall–Kier alpha value is -3.71. The van der Waals surface area contributed by atoms with Crippen molar-refractivity contribution in [3.05, 3.63) is 77.1 Å². The molecular formula is C30H30N3O4PS. The molecule has 2 heterocycles. The van der Waals surface area contributed by atoms with Gasteiger partial charge >= 0.3 is 0 Å². The van der Waals surface area contributed by atoms with E-state index in [4.69, 9.17) is 14.2 Å². The minimum Gasteiger partial charge on any atom is -0.493 e. The molecule has 1 unspecified atom stereocenters. The number of fused-ring (bicyclic) bond motifs is 2. The normalized spacial score (nSPS) is 11.2. The predicted octanol–water partition coefficient (Wildman–Crippen LogP) is 6.33. The average Bonchev–Trinajstić information content (AvgIpc) is 3.48. The Morgan fingerprint density at radius 3 is 2.64 bits per heavy atom. The molecule has 0 aliphatic heterocycles. The van der Waals surface area contributed by atoms with Gasteiger partial charge in [0.2, 0.25) is 0 Å². The second-order valence-corrected chi connectivity index (χ2v) is 10.8. The number of amides is 1. The monoisotopic (exact) mass is 559 g/mol. The van der Waals surface area contributed by atoms with Crippen LogP contribution in [0.1, 0.15) is 16.1 Å². The second kappa shape index (κ2) is 12.0. The molecule has 0 spiro atoms. The van der Waals surface area contributed by atoms with Crippen LogP contribution in [0, 0.1) is 0 Å². The summed E-state index contributed by atoms with van der Waals surface area (Å²) >= 11 is 1.42. The van der Waals surface area contributed by atoms with Crippen molar-refractivity contribution >= 4 is 59.2 Å². The highest BCUT2D eigenvalue weighted by atomic mass is 32.1. The molecule has 1 atom stereocenters. The van der Waals surface area contributed by atoms with E-state index in [1.54, 1.807) is 13.3 Å². The molecule has 1 amide bonds. The third-order valence-electron chi connectivity index (χ3n) is 6.24. The Balaban J connectivity index is 1.39. The second-order valence-electron chi connectivity index (χ2n) is 9.28. The van der Waals surface area contributed by atoms with Crippen molar-refractivity contribution in [1.29, 1.82) is 0 Å². The lowest BCUT2D eigenvalue weighted by molar-refractivity contribution is 0.103. The number of carbonyl (C=O) groups excluding carboxylic acids is 1. The van der Waals surface area contributed by atoms with Crippen molar-refractivity contribution in [2.75, 3.05) is 39.7 Å². The van der Waals surface area contributed by atoms with E-state index < -0.39 is 0 Å². The van der Waals surface area contributed by atoms with Crippen LogP contribution in [0.3, 0.4) is 0 Å². The maximum atomic E-state index is 12.5. The minimum atomic E-state index is -0.113. The summed E-state index contributed by atoms with van der Waals surface area (Å²) in [5.74, 6) is 2.55. The number of methoxy groups -OCH3 is 1. The Labute approximate surface area is 233 Å². The van der Waals surface area contributed by atoms with E-state index >= 15 is 0 Å². The number of hydrogen-bond acceptors (Lipinski definition) is 7. The first-order chi connectivity index (χ1) is 18.9. The molecule has 0 radical (unpaired) electrons. The highest BCUT2D eigenvalue weighted by molar-refractivity contribution is 7.28. The van der Waals surface area contributed by atoms with Crippen LogP contribution in [0.4, 0.5) is 5.69 Å². The van der Waals surface area contributed by atoms with Gasteiger partial charge in [-0.1, -0.05) is 18.2 Å². The summed E-state index contributed by atoms with van der Waals surface area (Å²) in [7, 11) is 8.50. The molecule has 5 aromatic rings. The number of benzene rings is 3. The van der Waals surface area contributed by atoms with Crippen LogP contribution < -0.4 is 24.8 Å². The fourth-order valence-corrected chi connectivity index (χ4v) is 5.31. The molecule has 9 heteroatoms. The summed E-state index contributed by atoms with van der Waals surface area (Å²) in [6, 6.07) is 19.1. The SMILES string of the molecule is COc1cc2c(Oc3ccc4cc(NC(=O)c5cccs5)ccc4c3P)ccnc2cc1OCCCN(C)C. The Bertz CT molecular complexity index is 1620. The van der Waals surface area contributed by atoms with Crippen LogP contribution in [-0.4, -0.2) is 50.1 Å². The van der Waals surface area contributed by atoms with Gasteiger partial charge in [-0.25, -0.2) is 0 Å². The van der Waals surface area contributed by atoms with Gasteiger partial charge in [-0.15, -0.1) is 20.6 Å². The van der Waals surface area contributed by atoms with E-state index in [0.29, 0.717) is 34.5 Å². The van der Waals surface area contributed by atoms with E-state index in [1.807, 2.05) is 80.1 Å². The molecule has 7 nitrogen and oxygen atoms in total. The number of carbonyl (C=O) groups is 1.